The number of carboxylic acid groups (broad SMARTS) is 1. The van der Waals surface area contributed by atoms with E-state index >= 15 is 0 Å². The number of hydrogen-bond donors (Lipinski definition) is 3. The molecule has 3 aromatic rings. The summed E-state index contributed by atoms with van der Waals surface area (Å²) in [6.07, 6.45) is -4.51. The first-order chi connectivity index (χ1) is 16.8. The summed E-state index contributed by atoms with van der Waals surface area (Å²) < 4.78 is 83.6. The molecule has 1 aliphatic heterocycles. The van der Waals surface area contributed by atoms with E-state index in [0.29, 0.717) is 30.3 Å². The van der Waals surface area contributed by atoms with Crippen molar-refractivity contribution in [2.24, 2.45) is 0 Å². The van der Waals surface area contributed by atoms with E-state index in [1.807, 2.05) is 0 Å². The summed E-state index contributed by atoms with van der Waals surface area (Å²) in [5, 5.41) is 9.91. The zero-order valence-corrected chi connectivity index (χ0v) is 18.0. The number of carbonyl (C=O) groups excluding carboxylic acids is 1. The van der Waals surface area contributed by atoms with Gasteiger partial charge in [-0.05, 0) is 42.5 Å². The highest BCUT2D eigenvalue weighted by atomic mass is 19.4. The molecule has 0 aliphatic carbocycles. The van der Waals surface area contributed by atoms with Crippen LogP contribution in [0.15, 0.2) is 42.6 Å². The Bertz CT molecular complexity index is 1310. The molecule has 0 bridgehead atoms. The van der Waals surface area contributed by atoms with Gasteiger partial charge in [-0.2, -0.15) is 26.3 Å². The number of nitrogens with zero attached hydrogens (tertiary/aromatic N) is 1. The lowest BCUT2D eigenvalue weighted by atomic mass is 10.1. The molecule has 0 radical (unpaired) electrons. The van der Waals surface area contributed by atoms with Crippen LogP contribution in [-0.2, 0) is 17.4 Å². The lowest BCUT2D eigenvalue weighted by molar-refractivity contribution is -0.192. The van der Waals surface area contributed by atoms with Crippen LogP contribution in [0.2, 0.25) is 0 Å². The van der Waals surface area contributed by atoms with Gasteiger partial charge in [0, 0.05) is 41.7 Å². The standard InChI is InChI=1S/C21H15F4N3O.C2HF3O2/c22-17-10-14(21(23,24)25)3-1-12(17)2-4-15-9-13(5-7-26-15)19-11-16-18(28-19)6-8-27-20(16)29;3-2(4,5)1(6)7/h1-5,7,9-11,28H,6,8H2,(H,27,29);(H,6,7)/b4-2+;. The van der Waals surface area contributed by atoms with Crippen LogP contribution in [0, 0.1) is 5.82 Å². The summed E-state index contributed by atoms with van der Waals surface area (Å²) in [5.41, 5.74) is 2.50. The maximum atomic E-state index is 14.0. The van der Waals surface area contributed by atoms with Gasteiger partial charge in [-0.3, -0.25) is 9.78 Å². The van der Waals surface area contributed by atoms with Crippen molar-refractivity contribution in [3.63, 3.8) is 0 Å². The summed E-state index contributed by atoms with van der Waals surface area (Å²) in [6.45, 7) is 0.578. The van der Waals surface area contributed by atoms with Crippen molar-refractivity contribution in [2.45, 2.75) is 18.8 Å². The molecule has 1 aliphatic rings. The molecule has 0 fully saturated rings. The highest BCUT2D eigenvalue weighted by Gasteiger charge is 2.38. The number of hydrogen-bond acceptors (Lipinski definition) is 3. The maximum Gasteiger partial charge on any atom is 0.490 e. The first-order valence-corrected chi connectivity index (χ1v) is 10.1. The molecule has 3 heterocycles. The second-order valence-electron chi connectivity index (χ2n) is 7.42. The van der Waals surface area contributed by atoms with Gasteiger partial charge < -0.3 is 15.4 Å². The predicted molar refractivity (Wildman–Crippen MR) is 114 cm³/mol. The first kappa shape index (κ1) is 26.4. The zero-order chi connectivity index (χ0) is 26.7. The number of aromatic amines is 1. The Hall–Kier alpha value is -4.16. The van der Waals surface area contributed by atoms with Gasteiger partial charge >= 0.3 is 18.3 Å². The largest absolute Gasteiger partial charge is 0.490 e. The number of pyridine rings is 1. The lowest BCUT2D eigenvalue weighted by Crippen LogP contribution is -2.31. The number of aromatic nitrogens is 2. The van der Waals surface area contributed by atoms with Crippen molar-refractivity contribution in [3.05, 3.63) is 76.5 Å². The fraction of sp³-hybridized carbons (Fsp3) is 0.174. The average molecular weight is 515 g/mol. The minimum atomic E-state index is -5.08. The lowest BCUT2D eigenvalue weighted by Gasteiger charge is -2.10. The van der Waals surface area contributed by atoms with Crippen LogP contribution >= 0.6 is 0 Å². The van der Waals surface area contributed by atoms with Crippen LogP contribution in [0.25, 0.3) is 23.4 Å². The van der Waals surface area contributed by atoms with Crippen molar-refractivity contribution >= 4 is 24.0 Å². The van der Waals surface area contributed by atoms with Crippen LogP contribution in [0.1, 0.15) is 32.9 Å². The van der Waals surface area contributed by atoms with Crippen molar-refractivity contribution in [1.82, 2.24) is 15.3 Å². The molecule has 0 unspecified atom stereocenters. The topological polar surface area (TPSA) is 95.1 Å². The second kappa shape index (κ2) is 10.2. The minimum absolute atomic E-state index is 0.0252. The number of fused-ring (bicyclic) bond motifs is 1. The number of aliphatic carboxylic acids is 1. The molecule has 2 aromatic heterocycles. The third-order valence-electron chi connectivity index (χ3n) is 4.90. The Kier molecular flexibility index (Phi) is 7.51. The van der Waals surface area contributed by atoms with Gasteiger partial charge in [-0.25, -0.2) is 9.18 Å². The average Bonchev–Trinajstić information content (AvgIpc) is 3.23. The van der Waals surface area contributed by atoms with Crippen molar-refractivity contribution in [2.75, 3.05) is 6.54 Å². The van der Waals surface area contributed by atoms with Crippen LogP contribution in [0.3, 0.4) is 0 Å². The molecule has 13 heteroatoms. The van der Waals surface area contributed by atoms with E-state index in [0.717, 1.165) is 29.1 Å². The molecular weight excluding hydrogens is 499 g/mol. The summed E-state index contributed by atoms with van der Waals surface area (Å²) >= 11 is 0. The molecule has 0 atom stereocenters. The number of nitrogens with one attached hydrogen (secondary N) is 2. The summed E-state index contributed by atoms with van der Waals surface area (Å²) in [6, 6.07) is 7.66. The SMILES string of the molecule is O=C(O)C(F)(F)F.O=C1NCCc2[nH]c(-c3ccnc(/C=C/c4ccc(C(F)(F)F)cc4F)c3)cc21. The second-order valence-corrected chi connectivity index (χ2v) is 7.42. The number of H-pyrrole nitrogens is 1. The highest BCUT2D eigenvalue weighted by molar-refractivity contribution is 5.97. The summed E-state index contributed by atoms with van der Waals surface area (Å²) in [7, 11) is 0. The fourth-order valence-electron chi connectivity index (χ4n) is 3.17. The number of benzene rings is 1. The van der Waals surface area contributed by atoms with Crippen molar-refractivity contribution in [3.8, 4) is 11.3 Å². The minimum Gasteiger partial charge on any atom is -0.475 e. The number of carboxylic acids is 1. The van der Waals surface area contributed by atoms with E-state index in [1.165, 1.54) is 12.2 Å². The van der Waals surface area contributed by atoms with E-state index in [2.05, 4.69) is 15.3 Å². The smallest absolute Gasteiger partial charge is 0.475 e. The molecule has 0 saturated carbocycles. The molecule has 3 N–H and O–H groups in total. The molecule has 1 aromatic carbocycles. The molecule has 1 amide bonds. The van der Waals surface area contributed by atoms with E-state index < -0.39 is 29.7 Å². The highest BCUT2D eigenvalue weighted by Crippen LogP contribution is 2.30. The molecule has 190 valence electrons. The van der Waals surface area contributed by atoms with E-state index in [9.17, 15) is 35.5 Å². The van der Waals surface area contributed by atoms with Gasteiger partial charge in [-0.1, -0.05) is 6.07 Å². The first-order valence-electron chi connectivity index (χ1n) is 10.1. The van der Waals surface area contributed by atoms with Crippen molar-refractivity contribution in [1.29, 1.82) is 0 Å². The zero-order valence-electron chi connectivity index (χ0n) is 18.0. The summed E-state index contributed by atoms with van der Waals surface area (Å²) in [5.74, 6) is -3.84. The third kappa shape index (κ3) is 6.49. The van der Waals surface area contributed by atoms with Crippen LogP contribution in [0.4, 0.5) is 30.7 Å². The van der Waals surface area contributed by atoms with Crippen LogP contribution in [-0.4, -0.2) is 39.7 Å². The van der Waals surface area contributed by atoms with Gasteiger partial charge in [0.1, 0.15) is 5.82 Å². The van der Waals surface area contributed by atoms with E-state index in [-0.39, 0.29) is 11.5 Å². The number of alkyl halides is 6. The third-order valence-corrected chi connectivity index (χ3v) is 4.90. The van der Waals surface area contributed by atoms with Crippen LogP contribution in [0.5, 0.6) is 0 Å². The normalized spacial score (nSPS) is 13.6. The van der Waals surface area contributed by atoms with Crippen molar-refractivity contribution < 1.29 is 45.4 Å². The van der Waals surface area contributed by atoms with Gasteiger partial charge in [0.05, 0.1) is 16.8 Å². The quantitative estimate of drug-likeness (QED) is 0.412. The van der Waals surface area contributed by atoms with E-state index in [4.69, 9.17) is 9.90 Å². The van der Waals surface area contributed by atoms with E-state index in [1.54, 1.807) is 24.4 Å². The molecule has 6 nitrogen and oxygen atoms in total. The Morgan fingerprint density at radius 2 is 1.72 bits per heavy atom. The predicted octanol–water partition coefficient (Wildman–Crippen LogP) is 5.32. The number of carbonyl (C=O) groups is 2. The Morgan fingerprint density at radius 3 is 2.31 bits per heavy atom. The van der Waals surface area contributed by atoms with Gasteiger partial charge in [0.25, 0.3) is 5.91 Å². The monoisotopic (exact) mass is 515 g/mol. The molecule has 36 heavy (non-hydrogen) atoms. The molecular formula is C23H16F7N3O3. The van der Waals surface area contributed by atoms with Gasteiger partial charge in [0.2, 0.25) is 0 Å². The van der Waals surface area contributed by atoms with Gasteiger partial charge in [-0.15, -0.1) is 0 Å². The number of halogens is 7. The molecule has 0 saturated heterocycles. The Morgan fingerprint density at radius 1 is 1.03 bits per heavy atom. The molecule has 0 spiro atoms. The molecule has 4 rings (SSSR count). The summed E-state index contributed by atoms with van der Waals surface area (Å²) in [4.78, 5) is 28.2. The maximum absolute atomic E-state index is 14.0. The Labute approximate surface area is 198 Å². The number of rotatable bonds is 3. The fourth-order valence-corrected chi connectivity index (χ4v) is 3.17. The van der Waals surface area contributed by atoms with Crippen LogP contribution < -0.4 is 5.32 Å². The Balaban J connectivity index is 0.000000454. The van der Waals surface area contributed by atoms with Gasteiger partial charge in [0.15, 0.2) is 0 Å². The number of amides is 1.